The highest BCUT2D eigenvalue weighted by atomic mass is 16.3. The van der Waals surface area contributed by atoms with Crippen molar-refractivity contribution in [3.8, 4) is 11.1 Å². The Hall–Kier alpha value is -3.64. The monoisotopic (exact) mass is 397 g/mol. The van der Waals surface area contributed by atoms with Gasteiger partial charge in [0.2, 0.25) is 5.95 Å². The van der Waals surface area contributed by atoms with E-state index in [1.807, 2.05) is 35.0 Å². The Balaban J connectivity index is 1.43. The quantitative estimate of drug-likeness (QED) is 0.445. The van der Waals surface area contributed by atoms with E-state index in [9.17, 15) is 0 Å². The molecule has 5 rings (SSSR count). The molecule has 2 aromatic carbocycles. The first-order valence-electron chi connectivity index (χ1n) is 9.93. The van der Waals surface area contributed by atoms with Gasteiger partial charge >= 0.3 is 0 Å². The molecule has 5 aromatic rings. The van der Waals surface area contributed by atoms with Gasteiger partial charge in [-0.1, -0.05) is 36.4 Å². The van der Waals surface area contributed by atoms with E-state index in [4.69, 9.17) is 4.42 Å². The number of hydrogen-bond donors (Lipinski definition) is 1. The Morgan fingerprint density at radius 2 is 1.90 bits per heavy atom. The van der Waals surface area contributed by atoms with Crippen LogP contribution in [0.4, 0.5) is 5.95 Å². The summed E-state index contributed by atoms with van der Waals surface area (Å²) in [5.74, 6) is 0.760. The summed E-state index contributed by atoms with van der Waals surface area (Å²) >= 11 is 0. The van der Waals surface area contributed by atoms with Crippen LogP contribution in [0.1, 0.15) is 11.1 Å². The summed E-state index contributed by atoms with van der Waals surface area (Å²) in [6.45, 7) is 1.57. The number of fused-ring (bicyclic) bond motifs is 2. The van der Waals surface area contributed by atoms with Crippen molar-refractivity contribution < 1.29 is 4.42 Å². The largest absolute Gasteiger partial charge is 0.464 e. The first kappa shape index (κ1) is 18.4. The number of nitrogens with one attached hydrogen (secondary N) is 1. The van der Waals surface area contributed by atoms with E-state index >= 15 is 0 Å². The summed E-state index contributed by atoms with van der Waals surface area (Å²) in [6, 6.07) is 16.7. The maximum Gasteiger partial charge on any atom is 0.208 e. The fourth-order valence-corrected chi connectivity index (χ4v) is 3.81. The Bertz CT molecular complexity index is 1300. The molecular formula is C24H23N5O. The maximum absolute atomic E-state index is 5.50. The molecule has 0 aliphatic rings. The van der Waals surface area contributed by atoms with Crippen molar-refractivity contribution in [2.75, 3.05) is 19.4 Å². The summed E-state index contributed by atoms with van der Waals surface area (Å²) in [6.07, 6.45) is 7.32. The molecule has 0 aliphatic heterocycles. The number of nitrogens with zero attached hydrogens (tertiary/aromatic N) is 4. The van der Waals surface area contributed by atoms with Crippen LogP contribution in [0.25, 0.3) is 27.6 Å². The zero-order valence-electron chi connectivity index (χ0n) is 17.0. The summed E-state index contributed by atoms with van der Waals surface area (Å²) < 4.78 is 7.50. The summed E-state index contributed by atoms with van der Waals surface area (Å²) in [4.78, 5) is 11.2. The molecule has 0 atom stereocenters. The second kappa shape index (κ2) is 7.65. The zero-order chi connectivity index (χ0) is 20.5. The SMILES string of the molecule is CN(C)Cc1ccc(-c2cnc(NCc3cccc4occc34)n3cncc23)cc1. The zero-order valence-corrected chi connectivity index (χ0v) is 17.0. The van der Waals surface area contributed by atoms with Crippen LogP contribution in [-0.4, -0.2) is 33.4 Å². The predicted molar refractivity (Wildman–Crippen MR) is 119 cm³/mol. The number of aromatic nitrogens is 3. The van der Waals surface area contributed by atoms with Crippen LogP contribution in [0, 0.1) is 0 Å². The lowest BCUT2D eigenvalue weighted by Gasteiger charge is -2.13. The molecule has 0 radical (unpaired) electrons. The van der Waals surface area contributed by atoms with Crippen molar-refractivity contribution in [1.29, 1.82) is 0 Å². The standard InChI is InChI=1S/C24H23N5O/c1-28(2)15-17-6-8-18(9-7-17)21-13-27-24(29-16-25-14-22(21)29)26-12-19-4-3-5-23-20(19)10-11-30-23/h3-11,13-14,16H,12,15H2,1-2H3,(H,26,27). The Labute approximate surface area is 174 Å². The number of furan rings is 1. The second-order valence-corrected chi connectivity index (χ2v) is 7.68. The third-order valence-electron chi connectivity index (χ3n) is 5.25. The molecule has 3 aromatic heterocycles. The van der Waals surface area contributed by atoms with Crippen LogP contribution >= 0.6 is 0 Å². The van der Waals surface area contributed by atoms with Crippen LogP contribution in [0.15, 0.2) is 77.9 Å². The highest BCUT2D eigenvalue weighted by molar-refractivity contribution is 5.82. The molecule has 1 N–H and O–H groups in total. The van der Waals surface area contributed by atoms with Crippen LogP contribution < -0.4 is 5.32 Å². The van der Waals surface area contributed by atoms with Gasteiger partial charge in [-0.2, -0.15) is 0 Å². The van der Waals surface area contributed by atoms with Crippen LogP contribution in [-0.2, 0) is 13.1 Å². The molecular weight excluding hydrogens is 374 g/mol. The lowest BCUT2D eigenvalue weighted by Crippen LogP contribution is -2.10. The van der Waals surface area contributed by atoms with Gasteiger partial charge in [-0.05, 0) is 42.9 Å². The number of hydrogen-bond acceptors (Lipinski definition) is 5. The van der Waals surface area contributed by atoms with E-state index in [0.29, 0.717) is 6.54 Å². The molecule has 6 nitrogen and oxygen atoms in total. The van der Waals surface area contributed by atoms with Gasteiger partial charge in [-0.3, -0.25) is 4.40 Å². The molecule has 0 amide bonds. The first-order valence-corrected chi connectivity index (χ1v) is 9.93. The van der Waals surface area contributed by atoms with Crippen LogP contribution in [0.5, 0.6) is 0 Å². The molecule has 0 fully saturated rings. The molecule has 0 saturated carbocycles. The molecule has 150 valence electrons. The molecule has 3 heterocycles. The summed E-state index contributed by atoms with van der Waals surface area (Å²) in [5.41, 5.74) is 6.55. The lowest BCUT2D eigenvalue weighted by atomic mass is 10.1. The molecule has 0 saturated heterocycles. The Morgan fingerprint density at radius 1 is 1.03 bits per heavy atom. The maximum atomic E-state index is 5.50. The second-order valence-electron chi connectivity index (χ2n) is 7.68. The van der Waals surface area contributed by atoms with Crippen LogP contribution in [0.3, 0.4) is 0 Å². The van der Waals surface area contributed by atoms with E-state index in [1.165, 1.54) is 5.56 Å². The minimum Gasteiger partial charge on any atom is -0.464 e. The van der Waals surface area contributed by atoms with Gasteiger partial charge in [0.05, 0.1) is 18.0 Å². The van der Waals surface area contributed by atoms with Gasteiger partial charge < -0.3 is 14.6 Å². The van der Waals surface area contributed by atoms with E-state index in [1.54, 1.807) is 12.6 Å². The predicted octanol–water partition coefficient (Wildman–Crippen LogP) is 4.82. The fraction of sp³-hybridized carbons (Fsp3) is 0.167. The van der Waals surface area contributed by atoms with E-state index in [0.717, 1.165) is 45.7 Å². The third kappa shape index (κ3) is 3.42. The first-order chi connectivity index (χ1) is 14.7. The van der Waals surface area contributed by atoms with Gasteiger partial charge in [-0.15, -0.1) is 0 Å². The molecule has 6 heteroatoms. The van der Waals surface area contributed by atoms with Gasteiger partial charge in [0.1, 0.15) is 11.9 Å². The van der Waals surface area contributed by atoms with Crippen molar-refractivity contribution in [2.24, 2.45) is 0 Å². The molecule has 0 aliphatic carbocycles. The van der Waals surface area contributed by atoms with Gasteiger partial charge in [0.25, 0.3) is 0 Å². The topological polar surface area (TPSA) is 58.6 Å². The van der Waals surface area contributed by atoms with Crippen molar-refractivity contribution >= 4 is 22.4 Å². The number of rotatable bonds is 6. The Morgan fingerprint density at radius 3 is 2.73 bits per heavy atom. The third-order valence-corrected chi connectivity index (χ3v) is 5.25. The number of benzene rings is 2. The average Bonchev–Trinajstić information content (AvgIpc) is 3.42. The van der Waals surface area contributed by atoms with Gasteiger partial charge in [0.15, 0.2) is 0 Å². The summed E-state index contributed by atoms with van der Waals surface area (Å²) in [7, 11) is 4.15. The highest BCUT2D eigenvalue weighted by Crippen LogP contribution is 2.27. The van der Waals surface area contributed by atoms with Crippen molar-refractivity contribution in [3.05, 3.63) is 84.6 Å². The number of imidazole rings is 1. The van der Waals surface area contributed by atoms with E-state index < -0.39 is 0 Å². The van der Waals surface area contributed by atoms with Crippen molar-refractivity contribution in [1.82, 2.24) is 19.3 Å². The summed E-state index contributed by atoms with van der Waals surface area (Å²) in [5, 5.41) is 4.56. The molecule has 0 spiro atoms. The molecule has 0 bridgehead atoms. The van der Waals surface area contributed by atoms with E-state index in [-0.39, 0.29) is 0 Å². The molecule has 0 unspecified atom stereocenters. The van der Waals surface area contributed by atoms with E-state index in [2.05, 4.69) is 64.6 Å². The minimum absolute atomic E-state index is 0.649. The average molecular weight is 397 g/mol. The van der Waals surface area contributed by atoms with Crippen molar-refractivity contribution in [3.63, 3.8) is 0 Å². The molecule has 30 heavy (non-hydrogen) atoms. The smallest absolute Gasteiger partial charge is 0.208 e. The Kier molecular flexibility index (Phi) is 4.69. The van der Waals surface area contributed by atoms with Gasteiger partial charge in [-0.25, -0.2) is 9.97 Å². The minimum atomic E-state index is 0.649. The fourth-order valence-electron chi connectivity index (χ4n) is 3.81. The van der Waals surface area contributed by atoms with Crippen LogP contribution in [0.2, 0.25) is 0 Å². The number of anilines is 1. The highest BCUT2D eigenvalue weighted by Gasteiger charge is 2.11. The van der Waals surface area contributed by atoms with Gasteiger partial charge in [0, 0.05) is 30.2 Å². The van der Waals surface area contributed by atoms with Crippen molar-refractivity contribution in [2.45, 2.75) is 13.1 Å². The lowest BCUT2D eigenvalue weighted by molar-refractivity contribution is 0.402. The normalized spacial score (nSPS) is 11.6.